The van der Waals surface area contributed by atoms with Gasteiger partial charge < -0.3 is 19.5 Å². The molecule has 158 valence electrons. The van der Waals surface area contributed by atoms with Crippen molar-refractivity contribution in [3.05, 3.63) is 58.5 Å². The molecule has 0 saturated carbocycles. The standard InChI is InChI=1S/C21H23N3O4S2/c1-14-11-19(23-28-14)22-21(26)15(2)30-13-20(25)24(12-18-5-4-10-29-18)16-6-8-17(27-3)9-7-16/h4-11,15H,12-13H2,1-3H3,(H,22,23,26). The van der Waals surface area contributed by atoms with Gasteiger partial charge in [0.2, 0.25) is 11.8 Å². The highest BCUT2D eigenvalue weighted by Gasteiger charge is 2.21. The first-order valence-electron chi connectivity index (χ1n) is 9.29. The molecular weight excluding hydrogens is 422 g/mol. The maximum Gasteiger partial charge on any atom is 0.238 e. The van der Waals surface area contributed by atoms with Gasteiger partial charge in [0.15, 0.2) is 5.82 Å². The molecule has 1 N–H and O–H groups in total. The number of ether oxygens (including phenoxy) is 1. The largest absolute Gasteiger partial charge is 0.497 e. The van der Waals surface area contributed by atoms with Crippen molar-refractivity contribution in [1.29, 1.82) is 0 Å². The molecular formula is C21H23N3O4S2. The Kier molecular flexibility index (Phi) is 7.53. The Morgan fingerprint density at radius 1 is 1.30 bits per heavy atom. The van der Waals surface area contributed by atoms with E-state index in [1.54, 1.807) is 43.3 Å². The normalized spacial score (nSPS) is 11.7. The van der Waals surface area contributed by atoms with Crippen molar-refractivity contribution in [3.8, 4) is 5.75 Å². The van der Waals surface area contributed by atoms with E-state index in [1.165, 1.54) is 11.8 Å². The van der Waals surface area contributed by atoms with E-state index >= 15 is 0 Å². The van der Waals surface area contributed by atoms with Crippen LogP contribution in [0.4, 0.5) is 11.5 Å². The molecule has 0 bridgehead atoms. The summed E-state index contributed by atoms with van der Waals surface area (Å²) in [6.07, 6.45) is 0. The summed E-state index contributed by atoms with van der Waals surface area (Å²) >= 11 is 2.88. The highest BCUT2D eigenvalue weighted by molar-refractivity contribution is 8.01. The van der Waals surface area contributed by atoms with Crippen molar-refractivity contribution in [2.45, 2.75) is 25.6 Å². The number of aromatic nitrogens is 1. The second-order valence-corrected chi connectivity index (χ2v) is 8.88. The molecule has 30 heavy (non-hydrogen) atoms. The van der Waals surface area contributed by atoms with Gasteiger partial charge in [-0.1, -0.05) is 11.2 Å². The maximum atomic E-state index is 13.0. The third-order valence-electron chi connectivity index (χ3n) is 4.28. The third-order valence-corrected chi connectivity index (χ3v) is 6.27. The molecule has 0 radical (unpaired) electrons. The molecule has 0 saturated heterocycles. The molecule has 1 unspecified atom stereocenters. The fraction of sp³-hybridized carbons (Fsp3) is 0.286. The molecule has 0 aliphatic rings. The summed E-state index contributed by atoms with van der Waals surface area (Å²) in [6, 6.07) is 13.0. The van der Waals surface area contributed by atoms with Gasteiger partial charge in [-0.15, -0.1) is 23.1 Å². The Labute approximate surface area is 183 Å². The predicted molar refractivity (Wildman–Crippen MR) is 120 cm³/mol. The molecule has 0 spiro atoms. The number of benzene rings is 1. The lowest BCUT2D eigenvalue weighted by Gasteiger charge is -2.23. The predicted octanol–water partition coefficient (Wildman–Crippen LogP) is 4.35. The average molecular weight is 446 g/mol. The van der Waals surface area contributed by atoms with Crippen LogP contribution in [0.15, 0.2) is 52.4 Å². The summed E-state index contributed by atoms with van der Waals surface area (Å²) in [5, 5.41) is 8.01. The van der Waals surface area contributed by atoms with Crippen LogP contribution in [0, 0.1) is 6.92 Å². The van der Waals surface area contributed by atoms with Gasteiger partial charge in [-0.25, -0.2) is 0 Å². The first-order chi connectivity index (χ1) is 14.5. The lowest BCUT2D eigenvalue weighted by Crippen LogP contribution is -2.33. The summed E-state index contributed by atoms with van der Waals surface area (Å²) < 4.78 is 10.2. The molecule has 2 amide bonds. The Morgan fingerprint density at radius 2 is 2.07 bits per heavy atom. The highest BCUT2D eigenvalue weighted by atomic mass is 32.2. The lowest BCUT2D eigenvalue weighted by molar-refractivity contribution is -0.116. The van der Waals surface area contributed by atoms with Crippen LogP contribution in [0.25, 0.3) is 0 Å². The number of anilines is 2. The molecule has 0 fully saturated rings. The smallest absolute Gasteiger partial charge is 0.238 e. The minimum atomic E-state index is -0.426. The maximum absolute atomic E-state index is 13.0. The van der Waals surface area contributed by atoms with Gasteiger partial charge in [-0.3, -0.25) is 9.59 Å². The molecule has 1 atom stereocenters. The zero-order valence-corrected chi connectivity index (χ0v) is 18.6. The summed E-state index contributed by atoms with van der Waals surface area (Å²) in [5.74, 6) is 1.58. The molecule has 3 aromatic rings. The number of hydrogen-bond donors (Lipinski definition) is 1. The van der Waals surface area contributed by atoms with Crippen LogP contribution < -0.4 is 15.0 Å². The number of nitrogens with zero attached hydrogens (tertiary/aromatic N) is 2. The van der Waals surface area contributed by atoms with Crippen LogP contribution in [-0.2, 0) is 16.1 Å². The number of aryl methyl sites for hydroxylation is 1. The van der Waals surface area contributed by atoms with E-state index in [2.05, 4.69) is 10.5 Å². The average Bonchev–Trinajstić information content (AvgIpc) is 3.41. The highest BCUT2D eigenvalue weighted by Crippen LogP contribution is 2.24. The second-order valence-electron chi connectivity index (χ2n) is 6.52. The van der Waals surface area contributed by atoms with Crippen LogP contribution in [0.2, 0.25) is 0 Å². The molecule has 2 aromatic heterocycles. The van der Waals surface area contributed by atoms with E-state index in [-0.39, 0.29) is 17.6 Å². The van der Waals surface area contributed by atoms with Crippen molar-refractivity contribution < 1.29 is 18.8 Å². The number of rotatable bonds is 9. The van der Waals surface area contributed by atoms with E-state index in [9.17, 15) is 9.59 Å². The van der Waals surface area contributed by atoms with E-state index in [0.717, 1.165) is 16.3 Å². The van der Waals surface area contributed by atoms with Crippen LogP contribution in [0.1, 0.15) is 17.6 Å². The van der Waals surface area contributed by atoms with Crippen LogP contribution >= 0.6 is 23.1 Å². The van der Waals surface area contributed by atoms with E-state index in [1.807, 2.05) is 41.8 Å². The van der Waals surface area contributed by atoms with Gasteiger partial charge in [0.25, 0.3) is 0 Å². The Morgan fingerprint density at radius 3 is 2.67 bits per heavy atom. The van der Waals surface area contributed by atoms with E-state index in [0.29, 0.717) is 18.1 Å². The fourth-order valence-corrected chi connectivity index (χ4v) is 4.10. The summed E-state index contributed by atoms with van der Waals surface area (Å²) in [5.41, 5.74) is 0.782. The molecule has 2 heterocycles. The van der Waals surface area contributed by atoms with Crippen molar-refractivity contribution >= 4 is 46.4 Å². The lowest BCUT2D eigenvalue weighted by atomic mass is 10.2. The first-order valence-corrected chi connectivity index (χ1v) is 11.2. The quantitative estimate of drug-likeness (QED) is 0.527. The summed E-state index contributed by atoms with van der Waals surface area (Å²) in [7, 11) is 1.60. The number of hydrogen-bond acceptors (Lipinski definition) is 7. The van der Waals surface area contributed by atoms with Gasteiger partial charge >= 0.3 is 0 Å². The monoisotopic (exact) mass is 445 g/mol. The number of nitrogens with one attached hydrogen (secondary N) is 1. The molecule has 9 heteroatoms. The van der Waals surface area contributed by atoms with Gasteiger partial charge in [-0.05, 0) is 49.6 Å². The van der Waals surface area contributed by atoms with Gasteiger partial charge in [0.1, 0.15) is 11.5 Å². The van der Waals surface area contributed by atoms with E-state index in [4.69, 9.17) is 9.26 Å². The first kappa shape index (κ1) is 21.9. The van der Waals surface area contributed by atoms with E-state index < -0.39 is 5.25 Å². The number of carbonyl (C=O) groups excluding carboxylic acids is 2. The number of methoxy groups -OCH3 is 1. The van der Waals surface area contributed by atoms with Crippen LogP contribution in [-0.4, -0.2) is 35.1 Å². The second kappa shape index (κ2) is 10.3. The van der Waals surface area contributed by atoms with Crippen molar-refractivity contribution in [1.82, 2.24) is 5.16 Å². The zero-order chi connectivity index (χ0) is 21.5. The summed E-state index contributed by atoms with van der Waals surface area (Å²) in [4.78, 5) is 28.2. The minimum Gasteiger partial charge on any atom is -0.497 e. The Hall–Kier alpha value is -2.78. The number of thioether (sulfide) groups is 1. The van der Waals surface area contributed by atoms with Crippen molar-refractivity contribution in [2.24, 2.45) is 0 Å². The molecule has 3 rings (SSSR count). The number of amides is 2. The molecule has 7 nitrogen and oxygen atoms in total. The van der Waals surface area contributed by atoms with Gasteiger partial charge in [0, 0.05) is 16.6 Å². The minimum absolute atomic E-state index is 0.0736. The van der Waals surface area contributed by atoms with Crippen molar-refractivity contribution in [3.63, 3.8) is 0 Å². The van der Waals surface area contributed by atoms with Crippen LogP contribution in [0.5, 0.6) is 5.75 Å². The molecule has 0 aliphatic carbocycles. The summed E-state index contributed by atoms with van der Waals surface area (Å²) in [6.45, 7) is 3.99. The van der Waals surface area contributed by atoms with Crippen molar-refractivity contribution in [2.75, 3.05) is 23.1 Å². The number of thiophene rings is 1. The fourth-order valence-electron chi connectivity index (χ4n) is 2.65. The van der Waals surface area contributed by atoms with Crippen LogP contribution in [0.3, 0.4) is 0 Å². The SMILES string of the molecule is COc1ccc(N(Cc2cccs2)C(=O)CSC(C)C(=O)Nc2cc(C)on2)cc1. The Bertz CT molecular complexity index is 971. The molecule has 1 aromatic carbocycles. The Balaban J connectivity index is 1.63. The number of carbonyl (C=O) groups is 2. The van der Waals surface area contributed by atoms with Gasteiger partial charge in [0.05, 0.1) is 24.7 Å². The topological polar surface area (TPSA) is 84.7 Å². The third kappa shape index (κ3) is 5.87. The molecule has 0 aliphatic heterocycles. The van der Waals surface area contributed by atoms with Gasteiger partial charge in [-0.2, -0.15) is 0 Å². The zero-order valence-electron chi connectivity index (χ0n) is 17.0.